The van der Waals surface area contributed by atoms with Gasteiger partial charge in [0.1, 0.15) is 30.6 Å². The largest absolute Gasteiger partial charge is 0.374 e. The van der Waals surface area contributed by atoms with Crippen LogP contribution in [0, 0.1) is 0 Å². The number of benzene rings is 3. The molecule has 2 saturated heterocycles. The van der Waals surface area contributed by atoms with Crippen molar-refractivity contribution in [3.05, 3.63) is 141 Å². The summed E-state index contributed by atoms with van der Waals surface area (Å²) >= 11 is 0. The second kappa shape index (κ2) is 13.4. The van der Waals surface area contributed by atoms with Crippen molar-refractivity contribution in [1.82, 2.24) is 9.55 Å². The Kier molecular flexibility index (Phi) is 9.03. The number of hydrogen-bond donors (Lipinski definition) is 1. The highest BCUT2D eigenvalue weighted by atomic mass is 16.6. The maximum absolute atomic E-state index is 12.6. The fraction of sp³-hybridized carbons (Fsp3) is 0.333. The van der Waals surface area contributed by atoms with Gasteiger partial charge >= 0.3 is 5.69 Å². The molecule has 9 heteroatoms. The zero-order valence-corrected chi connectivity index (χ0v) is 23.1. The highest BCUT2D eigenvalue weighted by Crippen LogP contribution is 2.40. The standard InChI is InChI=1S/C33H34N2O7/c36-28-16-17-35(33(37)34-28)29-18-26-31(42-29)32(40-21-25-14-8-3-9-15-25)30(39-20-24-12-6-2-7-13-24)27(41-26)22-38-19-23-10-4-1-5-11-23/h1-17,26-27,29-32H,18-22H2,(H,34,36,37)/t26-,27-,29-,30-,31+,32+/m1/s1. The molecule has 0 unspecified atom stereocenters. The summed E-state index contributed by atoms with van der Waals surface area (Å²) in [6.07, 6.45) is -1.14. The zero-order chi connectivity index (χ0) is 28.7. The van der Waals surface area contributed by atoms with Crippen LogP contribution >= 0.6 is 0 Å². The van der Waals surface area contributed by atoms with Crippen molar-refractivity contribution < 1.29 is 23.7 Å². The molecule has 6 atom stereocenters. The maximum atomic E-state index is 12.6. The van der Waals surface area contributed by atoms with Crippen LogP contribution in [0.25, 0.3) is 0 Å². The molecule has 0 radical (unpaired) electrons. The Balaban J connectivity index is 1.27. The molecular weight excluding hydrogens is 536 g/mol. The van der Waals surface area contributed by atoms with Gasteiger partial charge in [-0.15, -0.1) is 0 Å². The lowest BCUT2D eigenvalue weighted by molar-refractivity contribution is -0.254. The van der Waals surface area contributed by atoms with Gasteiger partial charge in [-0.3, -0.25) is 14.3 Å². The van der Waals surface area contributed by atoms with Gasteiger partial charge in [0.15, 0.2) is 0 Å². The van der Waals surface area contributed by atoms with Crippen LogP contribution in [0.15, 0.2) is 113 Å². The minimum atomic E-state index is -0.633. The van der Waals surface area contributed by atoms with E-state index in [0.717, 1.165) is 16.7 Å². The Morgan fingerprint density at radius 2 is 1.29 bits per heavy atom. The highest BCUT2D eigenvalue weighted by molar-refractivity contribution is 5.15. The van der Waals surface area contributed by atoms with Gasteiger partial charge < -0.3 is 23.7 Å². The monoisotopic (exact) mass is 570 g/mol. The number of H-pyrrole nitrogens is 1. The second-order valence-corrected chi connectivity index (χ2v) is 10.5. The van der Waals surface area contributed by atoms with E-state index in [9.17, 15) is 9.59 Å². The second-order valence-electron chi connectivity index (χ2n) is 10.5. The molecule has 42 heavy (non-hydrogen) atoms. The lowest BCUT2D eigenvalue weighted by Gasteiger charge is -2.43. The topological polar surface area (TPSA) is 101 Å². The van der Waals surface area contributed by atoms with Gasteiger partial charge in [-0.2, -0.15) is 0 Å². The third kappa shape index (κ3) is 6.78. The van der Waals surface area contributed by atoms with Gasteiger partial charge in [0.2, 0.25) is 0 Å². The van der Waals surface area contributed by atoms with Crippen LogP contribution in [0.2, 0.25) is 0 Å². The SMILES string of the molecule is O=c1ccn([C@H]2C[C@H]3O[C@H](COCc4ccccc4)[C@@H](OCc4ccccc4)[C@H](OCc4ccccc4)[C@H]3O2)c(=O)[nH]1. The first-order valence-corrected chi connectivity index (χ1v) is 14.2. The molecule has 1 N–H and O–H groups in total. The van der Waals surface area contributed by atoms with Crippen molar-refractivity contribution in [2.45, 2.75) is 63.0 Å². The number of aromatic nitrogens is 2. The molecule has 2 aliphatic rings. The minimum Gasteiger partial charge on any atom is -0.374 e. The first kappa shape index (κ1) is 28.3. The Labute approximate surface area is 243 Å². The fourth-order valence-electron chi connectivity index (χ4n) is 5.54. The Hall–Kier alpha value is -3.86. The third-order valence-corrected chi connectivity index (χ3v) is 7.60. The molecule has 0 spiro atoms. The molecule has 9 nitrogen and oxygen atoms in total. The van der Waals surface area contributed by atoms with Gasteiger partial charge in [-0.25, -0.2) is 4.79 Å². The van der Waals surface area contributed by atoms with E-state index < -0.39 is 41.9 Å². The third-order valence-electron chi connectivity index (χ3n) is 7.60. The van der Waals surface area contributed by atoms with Gasteiger partial charge in [0.05, 0.1) is 32.5 Å². The number of hydrogen-bond acceptors (Lipinski definition) is 7. The molecule has 0 bridgehead atoms. The number of fused-ring (bicyclic) bond motifs is 1. The van der Waals surface area contributed by atoms with Crippen LogP contribution in [0.3, 0.4) is 0 Å². The van der Waals surface area contributed by atoms with Crippen LogP contribution in [-0.4, -0.2) is 46.7 Å². The molecule has 3 aromatic carbocycles. The quantitative estimate of drug-likeness (QED) is 0.291. The number of ether oxygens (including phenoxy) is 5. The molecule has 2 aliphatic heterocycles. The molecular formula is C33H34N2O7. The summed E-state index contributed by atoms with van der Waals surface area (Å²) in [7, 11) is 0. The lowest BCUT2D eigenvalue weighted by Crippen LogP contribution is -2.59. The Morgan fingerprint density at radius 1 is 0.714 bits per heavy atom. The van der Waals surface area contributed by atoms with E-state index in [4.69, 9.17) is 23.7 Å². The average molecular weight is 571 g/mol. The molecule has 2 fully saturated rings. The summed E-state index contributed by atoms with van der Waals surface area (Å²) in [5, 5.41) is 0. The van der Waals surface area contributed by atoms with Crippen molar-refractivity contribution in [2.75, 3.05) is 6.61 Å². The first-order chi connectivity index (χ1) is 20.6. The van der Waals surface area contributed by atoms with Crippen LogP contribution < -0.4 is 11.2 Å². The summed E-state index contributed by atoms with van der Waals surface area (Å²) in [5.74, 6) is 0. The minimum absolute atomic E-state index is 0.284. The van der Waals surface area contributed by atoms with E-state index in [1.54, 1.807) is 0 Å². The first-order valence-electron chi connectivity index (χ1n) is 14.2. The molecule has 3 heterocycles. The van der Waals surface area contributed by atoms with Crippen molar-refractivity contribution >= 4 is 0 Å². The van der Waals surface area contributed by atoms with Crippen molar-refractivity contribution in [1.29, 1.82) is 0 Å². The molecule has 218 valence electrons. The van der Waals surface area contributed by atoms with Crippen LogP contribution in [0.1, 0.15) is 29.3 Å². The molecule has 1 aromatic heterocycles. The molecule has 0 saturated carbocycles. The van der Waals surface area contributed by atoms with Gasteiger partial charge in [-0.05, 0) is 16.7 Å². The number of nitrogens with zero attached hydrogens (tertiary/aromatic N) is 1. The molecule has 6 rings (SSSR count). The van der Waals surface area contributed by atoms with E-state index >= 15 is 0 Å². The normalized spacial score (nSPS) is 25.2. The Bertz CT molecular complexity index is 1530. The molecule has 0 aliphatic carbocycles. The van der Waals surface area contributed by atoms with Gasteiger partial charge in [0, 0.05) is 18.7 Å². The van der Waals surface area contributed by atoms with E-state index in [1.807, 2.05) is 91.0 Å². The van der Waals surface area contributed by atoms with Crippen molar-refractivity contribution in [3.8, 4) is 0 Å². The van der Waals surface area contributed by atoms with E-state index in [1.165, 1.54) is 16.8 Å². The maximum Gasteiger partial charge on any atom is 0.330 e. The van der Waals surface area contributed by atoms with Gasteiger partial charge in [-0.1, -0.05) is 91.0 Å². The molecule has 0 amide bonds. The summed E-state index contributed by atoms with van der Waals surface area (Å²) in [6.45, 7) is 1.42. The van der Waals surface area contributed by atoms with Crippen molar-refractivity contribution in [3.63, 3.8) is 0 Å². The van der Waals surface area contributed by atoms with E-state index in [2.05, 4.69) is 4.98 Å². The smallest absolute Gasteiger partial charge is 0.330 e. The predicted molar refractivity (Wildman–Crippen MR) is 155 cm³/mol. The van der Waals surface area contributed by atoms with Crippen LogP contribution in [0.4, 0.5) is 0 Å². The fourth-order valence-corrected chi connectivity index (χ4v) is 5.54. The van der Waals surface area contributed by atoms with Crippen molar-refractivity contribution in [2.24, 2.45) is 0 Å². The van der Waals surface area contributed by atoms with E-state index in [0.29, 0.717) is 26.2 Å². The molecule has 4 aromatic rings. The predicted octanol–water partition coefficient (Wildman–Crippen LogP) is 3.98. The van der Waals surface area contributed by atoms with Gasteiger partial charge in [0.25, 0.3) is 5.56 Å². The van der Waals surface area contributed by atoms with Crippen LogP contribution in [-0.2, 0) is 43.5 Å². The average Bonchev–Trinajstić information content (AvgIpc) is 3.44. The number of rotatable bonds is 11. The number of nitrogens with one attached hydrogen (secondary N) is 1. The summed E-state index contributed by atoms with van der Waals surface area (Å²) < 4.78 is 33.7. The summed E-state index contributed by atoms with van der Waals surface area (Å²) in [4.78, 5) is 26.6. The Morgan fingerprint density at radius 3 is 1.88 bits per heavy atom. The summed E-state index contributed by atoms with van der Waals surface area (Å²) in [6, 6.07) is 31.1. The van der Waals surface area contributed by atoms with E-state index in [-0.39, 0.29) is 12.7 Å². The zero-order valence-electron chi connectivity index (χ0n) is 23.1. The van der Waals surface area contributed by atoms with Crippen LogP contribution in [0.5, 0.6) is 0 Å². The highest BCUT2D eigenvalue weighted by Gasteiger charge is 2.53. The lowest BCUT2D eigenvalue weighted by atomic mass is 9.94. The number of aromatic amines is 1. The summed E-state index contributed by atoms with van der Waals surface area (Å²) in [5.41, 5.74) is 2.11.